The number of carbonyl (C=O) groups excluding carboxylic acids is 1. The molecule has 2 N–H and O–H groups in total. The van der Waals surface area contributed by atoms with Crippen molar-refractivity contribution >= 4 is 17.6 Å². The van der Waals surface area contributed by atoms with Gasteiger partial charge in [-0.3, -0.25) is 4.79 Å². The summed E-state index contributed by atoms with van der Waals surface area (Å²) >= 11 is 0. The van der Waals surface area contributed by atoms with E-state index < -0.39 is 5.97 Å². The van der Waals surface area contributed by atoms with Crippen molar-refractivity contribution in [1.29, 1.82) is 0 Å². The minimum Gasteiger partial charge on any atom is -0.477 e. The fourth-order valence-corrected chi connectivity index (χ4v) is 1.13. The number of carboxylic acid groups (broad SMARTS) is 1. The molecule has 0 aliphatic rings. The molecule has 1 rings (SSSR count). The number of aromatic nitrogens is 1. The second kappa shape index (κ2) is 6.59. The first kappa shape index (κ1) is 13.1. The van der Waals surface area contributed by atoms with Crippen LogP contribution in [-0.2, 0) is 9.53 Å². The Morgan fingerprint density at radius 1 is 1.47 bits per heavy atom. The van der Waals surface area contributed by atoms with Gasteiger partial charge in [0, 0.05) is 6.61 Å². The van der Waals surface area contributed by atoms with E-state index in [4.69, 9.17) is 9.84 Å². The standard InChI is InChI=1S/C11H14N2O4/c1-2-17-6-5-10(14)13-8-3-4-9(11(15)16)12-7-8/h3-4,7H,2,5-6H2,1H3,(H,13,14)(H,15,16). The number of hydrogen-bond donors (Lipinski definition) is 2. The number of anilines is 1. The average molecular weight is 238 g/mol. The summed E-state index contributed by atoms with van der Waals surface area (Å²) in [4.78, 5) is 25.6. The molecule has 1 aromatic heterocycles. The summed E-state index contributed by atoms with van der Waals surface area (Å²) in [5.41, 5.74) is 0.411. The van der Waals surface area contributed by atoms with E-state index >= 15 is 0 Å². The second-order valence-corrected chi connectivity index (χ2v) is 3.23. The predicted octanol–water partition coefficient (Wildman–Crippen LogP) is 1.14. The molecule has 1 amide bonds. The number of nitrogens with one attached hydrogen (secondary N) is 1. The molecule has 0 bridgehead atoms. The molecule has 0 unspecified atom stereocenters. The third-order valence-electron chi connectivity index (χ3n) is 1.94. The summed E-state index contributed by atoms with van der Waals surface area (Å²) in [5, 5.41) is 11.2. The van der Waals surface area contributed by atoms with Gasteiger partial charge in [-0.05, 0) is 19.1 Å². The molecule has 0 radical (unpaired) electrons. The van der Waals surface area contributed by atoms with Gasteiger partial charge in [0.1, 0.15) is 5.69 Å². The zero-order valence-corrected chi connectivity index (χ0v) is 9.47. The van der Waals surface area contributed by atoms with Gasteiger partial charge in [0.15, 0.2) is 0 Å². The van der Waals surface area contributed by atoms with E-state index in [9.17, 15) is 9.59 Å². The van der Waals surface area contributed by atoms with Crippen molar-refractivity contribution in [2.75, 3.05) is 18.5 Å². The minimum absolute atomic E-state index is 0.0580. The Morgan fingerprint density at radius 3 is 2.76 bits per heavy atom. The van der Waals surface area contributed by atoms with Gasteiger partial charge >= 0.3 is 5.97 Å². The highest BCUT2D eigenvalue weighted by Gasteiger charge is 2.05. The molecule has 0 fully saturated rings. The Kier molecular flexibility index (Phi) is 5.09. The number of hydrogen-bond acceptors (Lipinski definition) is 4. The molecule has 6 heteroatoms. The van der Waals surface area contributed by atoms with Crippen molar-refractivity contribution in [1.82, 2.24) is 4.98 Å². The summed E-state index contributed by atoms with van der Waals surface area (Å²) < 4.78 is 5.04. The van der Waals surface area contributed by atoms with E-state index in [0.717, 1.165) is 0 Å². The monoisotopic (exact) mass is 238 g/mol. The van der Waals surface area contributed by atoms with Gasteiger partial charge in [-0.2, -0.15) is 0 Å². The van der Waals surface area contributed by atoms with Crippen LogP contribution in [0.1, 0.15) is 23.8 Å². The molecular weight excluding hydrogens is 224 g/mol. The van der Waals surface area contributed by atoms with Gasteiger partial charge in [0.2, 0.25) is 5.91 Å². The number of carboxylic acids is 1. The quantitative estimate of drug-likeness (QED) is 0.725. The molecule has 0 aliphatic carbocycles. The van der Waals surface area contributed by atoms with Gasteiger partial charge in [0.05, 0.1) is 24.9 Å². The fourth-order valence-electron chi connectivity index (χ4n) is 1.13. The highest BCUT2D eigenvalue weighted by atomic mass is 16.5. The van der Waals surface area contributed by atoms with Crippen molar-refractivity contribution < 1.29 is 19.4 Å². The largest absolute Gasteiger partial charge is 0.477 e. The van der Waals surface area contributed by atoms with E-state index in [0.29, 0.717) is 18.9 Å². The van der Waals surface area contributed by atoms with Crippen LogP contribution in [0.15, 0.2) is 18.3 Å². The average Bonchev–Trinajstić information content (AvgIpc) is 2.30. The number of nitrogens with zero attached hydrogens (tertiary/aromatic N) is 1. The topological polar surface area (TPSA) is 88.5 Å². The highest BCUT2D eigenvalue weighted by molar-refractivity contribution is 5.91. The maximum Gasteiger partial charge on any atom is 0.354 e. The Balaban J connectivity index is 2.46. The van der Waals surface area contributed by atoms with Crippen molar-refractivity contribution in [3.8, 4) is 0 Å². The van der Waals surface area contributed by atoms with E-state index in [1.807, 2.05) is 6.92 Å². The van der Waals surface area contributed by atoms with Crippen molar-refractivity contribution in [2.45, 2.75) is 13.3 Å². The molecule has 6 nitrogen and oxygen atoms in total. The SMILES string of the molecule is CCOCCC(=O)Nc1ccc(C(=O)O)nc1. The number of carbonyl (C=O) groups is 2. The summed E-state index contributed by atoms with van der Waals surface area (Å²) in [7, 11) is 0. The van der Waals surface area contributed by atoms with Gasteiger partial charge in [0.25, 0.3) is 0 Å². The summed E-state index contributed by atoms with van der Waals surface area (Å²) in [5.74, 6) is -1.29. The Morgan fingerprint density at radius 2 is 2.24 bits per heavy atom. The molecule has 0 atom stereocenters. The maximum absolute atomic E-state index is 11.4. The van der Waals surface area contributed by atoms with Crippen molar-refractivity contribution in [3.63, 3.8) is 0 Å². The third kappa shape index (κ3) is 4.60. The normalized spacial score (nSPS) is 9.94. The molecular formula is C11H14N2O4. The molecule has 0 aromatic carbocycles. The van der Waals surface area contributed by atoms with Gasteiger partial charge in [-0.15, -0.1) is 0 Å². The smallest absolute Gasteiger partial charge is 0.354 e. The van der Waals surface area contributed by atoms with E-state index in [-0.39, 0.29) is 18.0 Å². The van der Waals surface area contributed by atoms with E-state index in [1.54, 1.807) is 0 Å². The van der Waals surface area contributed by atoms with Crippen LogP contribution in [0.3, 0.4) is 0 Å². The van der Waals surface area contributed by atoms with E-state index in [1.165, 1.54) is 18.3 Å². The van der Waals surface area contributed by atoms with Gasteiger partial charge < -0.3 is 15.2 Å². The second-order valence-electron chi connectivity index (χ2n) is 3.23. The summed E-state index contributed by atoms with van der Waals surface area (Å²) in [6.07, 6.45) is 1.57. The predicted molar refractivity (Wildman–Crippen MR) is 60.9 cm³/mol. The molecule has 0 saturated carbocycles. The minimum atomic E-state index is -1.10. The van der Waals surface area contributed by atoms with Crippen LogP contribution in [-0.4, -0.2) is 35.2 Å². The first-order valence-electron chi connectivity index (χ1n) is 5.20. The van der Waals surface area contributed by atoms with E-state index in [2.05, 4.69) is 10.3 Å². The molecule has 0 spiro atoms. The number of rotatable bonds is 6. The lowest BCUT2D eigenvalue weighted by atomic mass is 10.3. The van der Waals surface area contributed by atoms with Crippen LogP contribution >= 0.6 is 0 Å². The van der Waals surface area contributed by atoms with Crippen molar-refractivity contribution in [2.24, 2.45) is 0 Å². The maximum atomic E-state index is 11.4. The van der Waals surface area contributed by atoms with Crippen LogP contribution in [0.2, 0.25) is 0 Å². The lowest BCUT2D eigenvalue weighted by molar-refractivity contribution is -0.117. The summed E-state index contributed by atoms with van der Waals surface area (Å²) in [6.45, 7) is 2.79. The van der Waals surface area contributed by atoms with Crippen LogP contribution < -0.4 is 5.32 Å². The molecule has 1 aromatic rings. The molecule has 92 valence electrons. The first-order valence-corrected chi connectivity index (χ1v) is 5.20. The number of aromatic carboxylic acids is 1. The van der Waals surface area contributed by atoms with Crippen LogP contribution in [0.4, 0.5) is 5.69 Å². The summed E-state index contributed by atoms with van der Waals surface area (Å²) in [6, 6.07) is 2.83. The lowest BCUT2D eigenvalue weighted by Gasteiger charge is -2.04. The first-order chi connectivity index (χ1) is 8.13. The Hall–Kier alpha value is -1.95. The van der Waals surface area contributed by atoms with Gasteiger partial charge in [-0.1, -0.05) is 0 Å². The zero-order chi connectivity index (χ0) is 12.7. The third-order valence-corrected chi connectivity index (χ3v) is 1.94. The number of ether oxygens (including phenoxy) is 1. The molecule has 0 aliphatic heterocycles. The molecule has 1 heterocycles. The molecule has 17 heavy (non-hydrogen) atoms. The van der Waals surface area contributed by atoms with Crippen LogP contribution in [0.5, 0.6) is 0 Å². The van der Waals surface area contributed by atoms with Crippen LogP contribution in [0, 0.1) is 0 Å². The Bertz CT molecular complexity index is 389. The van der Waals surface area contributed by atoms with Crippen LogP contribution in [0.25, 0.3) is 0 Å². The van der Waals surface area contributed by atoms with Crippen molar-refractivity contribution in [3.05, 3.63) is 24.0 Å². The zero-order valence-electron chi connectivity index (χ0n) is 9.47. The highest BCUT2D eigenvalue weighted by Crippen LogP contribution is 2.06. The fraction of sp³-hybridized carbons (Fsp3) is 0.364. The number of pyridine rings is 1. The molecule has 0 saturated heterocycles. The number of amides is 1. The Labute approximate surface area is 98.6 Å². The van der Waals surface area contributed by atoms with Gasteiger partial charge in [-0.25, -0.2) is 9.78 Å². The lowest BCUT2D eigenvalue weighted by Crippen LogP contribution is -2.14.